The fourth-order valence-corrected chi connectivity index (χ4v) is 1.47. The Morgan fingerprint density at radius 1 is 1.00 bits per heavy atom. The molecule has 0 amide bonds. The molecule has 3 N–H and O–H groups in total. The molecule has 0 radical (unpaired) electrons. The predicted octanol–water partition coefficient (Wildman–Crippen LogP) is 2.14. The van der Waals surface area contributed by atoms with Crippen molar-refractivity contribution < 1.29 is 0 Å². The van der Waals surface area contributed by atoms with Crippen molar-refractivity contribution >= 4 is 0 Å². The molecule has 0 bridgehead atoms. The topological polar surface area (TPSA) is 38.0 Å². The van der Waals surface area contributed by atoms with Gasteiger partial charge in [-0.3, -0.25) is 0 Å². The van der Waals surface area contributed by atoms with E-state index in [4.69, 9.17) is 5.73 Å². The van der Waals surface area contributed by atoms with Crippen LogP contribution in [0.25, 0.3) is 0 Å². The lowest BCUT2D eigenvalue weighted by Crippen LogP contribution is -2.39. The van der Waals surface area contributed by atoms with Crippen LogP contribution in [0.1, 0.15) is 47.0 Å². The summed E-state index contributed by atoms with van der Waals surface area (Å²) in [6.07, 6.45) is 3.93. The Morgan fingerprint density at radius 3 is 2.08 bits per heavy atom. The molecule has 2 heteroatoms. The molecule has 0 aromatic heterocycles. The van der Waals surface area contributed by atoms with Gasteiger partial charge in [0.15, 0.2) is 0 Å². The molecular formula is C11H26N2. The summed E-state index contributed by atoms with van der Waals surface area (Å²) in [5, 5.41) is 3.48. The zero-order valence-corrected chi connectivity index (χ0v) is 9.64. The highest BCUT2D eigenvalue weighted by Crippen LogP contribution is 2.08. The molecule has 0 saturated carbocycles. The van der Waals surface area contributed by atoms with Crippen LogP contribution in [0.15, 0.2) is 0 Å². The summed E-state index contributed by atoms with van der Waals surface area (Å²) >= 11 is 0. The van der Waals surface area contributed by atoms with Crippen molar-refractivity contribution in [3.8, 4) is 0 Å². The van der Waals surface area contributed by atoms with Gasteiger partial charge in [0, 0.05) is 18.6 Å². The van der Waals surface area contributed by atoms with Crippen LogP contribution in [-0.2, 0) is 0 Å². The second kappa shape index (κ2) is 7.34. The van der Waals surface area contributed by atoms with E-state index < -0.39 is 0 Å². The Hall–Kier alpha value is -0.0800. The van der Waals surface area contributed by atoms with Gasteiger partial charge in [0.1, 0.15) is 0 Å². The van der Waals surface area contributed by atoms with Gasteiger partial charge in [-0.1, -0.05) is 26.7 Å². The van der Waals surface area contributed by atoms with Crippen LogP contribution < -0.4 is 11.1 Å². The van der Waals surface area contributed by atoms with E-state index in [2.05, 4.69) is 33.0 Å². The van der Waals surface area contributed by atoms with Gasteiger partial charge in [-0.2, -0.15) is 0 Å². The summed E-state index contributed by atoms with van der Waals surface area (Å²) in [5.74, 6) is 0.833. The van der Waals surface area contributed by atoms with E-state index in [-0.39, 0.29) is 0 Å². The standard InChI is InChI=1S/C11H26N2/c1-9(2)6-5-7-10(3)13-11(4)8-12/h9-11,13H,5-8,12H2,1-4H3. The third-order valence-electron chi connectivity index (χ3n) is 2.34. The van der Waals surface area contributed by atoms with E-state index in [1.165, 1.54) is 19.3 Å². The molecule has 0 rings (SSSR count). The highest BCUT2D eigenvalue weighted by molar-refractivity contribution is 4.67. The first-order valence-electron chi connectivity index (χ1n) is 5.52. The van der Waals surface area contributed by atoms with E-state index in [0.717, 1.165) is 12.5 Å². The zero-order valence-electron chi connectivity index (χ0n) is 9.64. The Bertz CT molecular complexity index is 113. The molecule has 0 spiro atoms. The van der Waals surface area contributed by atoms with Crippen LogP contribution in [0.4, 0.5) is 0 Å². The summed E-state index contributed by atoms with van der Waals surface area (Å²) in [7, 11) is 0. The summed E-state index contributed by atoms with van der Waals surface area (Å²) in [6.45, 7) is 9.67. The first-order valence-corrected chi connectivity index (χ1v) is 5.52. The SMILES string of the molecule is CC(C)CCCC(C)NC(C)CN. The highest BCUT2D eigenvalue weighted by atomic mass is 14.9. The maximum Gasteiger partial charge on any atom is 0.0164 e. The van der Waals surface area contributed by atoms with Gasteiger partial charge >= 0.3 is 0 Å². The van der Waals surface area contributed by atoms with Gasteiger partial charge in [-0.15, -0.1) is 0 Å². The lowest BCUT2D eigenvalue weighted by atomic mass is 10.0. The predicted molar refractivity (Wildman–Crippen MR) is 59.8 cm³/mol. The minimum Gasteiger partial charge on any atom is -0.329 e. The first-order chi connectivity index (χ1) is 6.06. The second-order valence-electron chi connectivity index (χ2n) is 4.53. The molecule has 80 valence electrons. The summed E-state index contributed by atoms with van der Waals surface area (Å²) in [5.41, 5.74) is 5.53. The van der Waals surface area contributed by atoms with Crippen molar-refractivity contribution in [3.63, 3.8) is 0 Å². The van der Waals surface area contributed by atoms with E-state index >= 15 is 0 Å². The van der Waals surface area contributed by atoms with Crippen molar-refractivity contribution in [2.75, 3.05) is 6.54 Å². The molecule has 0 fully saturated rings. The number of rotatable bonds is 7. The van der Waals surface area contributed by atoms with Crippen molar-refractivity contribution in [1.82, 2.24) is 5.32 Å². The van der Waals surface area contributed by atoms with Crippen LogP contribution in [0.5, 0.6) is 0 Å². The van der Waals surface area contributed by atoms with Crippen molar-refractivity contribution in [3.05, 3.63) is 0 Å². The average molecular weight is 186 g/mol. The zero-order chi connectivity index (χ0) is 10.3. The maximum absolute atomic E-state index is 5.53. The number of nitrogens with two attached hydrogens (primary N) is 1. The fourth-order valence-electron chi connectivity index (χ4n) is 1.47. The molecule has 2 nitrogen and oxygen atoms in total. The smallest absolute Gasteiger partial charge is 0.0164 e. The molecule has 0 saturated heterocycles. The fraction of sp³-hybridized carbons (Fsp3) is 1.00. The van der Waals surface area contributed by atoms with Crippen molar-refractivity contribution in [2.45, 2.75) is 59.0 Å². The molecular weight excluding hydrogens is 160 g/mol. The molecule has 0 aliphatic rings. The molecule has 2 atom stereocenters. The number of hydrogen-bond donors (Lipinski definition) is 2. The van der Waals surface area contributed by atoms with E-state index in [1.54, 1.807) is 0 Å². The number of hydrogen-bond acceptors (Lipinski definition) is 2. The van der Waals surface area contributed by atoms with Gasteiger partial charge in [0.25, 0.3) is 0 Å². The van der Waals surface area contributed by atoms with Gasteiger partial charge in [0.2, 0.25) is 0 Å². The molecule has 0 aliphatic heterocycles. The van der Waals surface area contributed by atoms with Gasteiger partial charge in [0.05, 0.1) is 0 Å². The maximum atomic E-state index is 5.53. The minimum atomic E-state index is 0.453. The lowest BCUT2D eigenvalue weighted by Gasteiger charge is -2.18. The van der Waals surface area contributed by atoms with E-state index in [1.807, 2.05) is 0 Å². The Morgan fingerprint density at radius 2 is 1.62 bits per heavy atom. The Balaban J connectivity index is 3.34. The lowest BCUT2D eigenvalue weighted by molar-refractivity contribution is 0.421. The first kappa shape index (κ1) is 12.9. The highest BCUT2D eigenvalue weighted by Gasteiger charge is 2.05. The van der Waals surface area contributed by atoms with Crippen LogP contribution in [0, 0.1) is 5.92 Å². The van der Waals surface area contributed by atoms with Gasteiger partial charge in [-0.25, -0.2) is 0 Å². The monoisotopic (exact) mass is 186 g/mol. The summed E-state index contributed by atoms with van der Waals surface area (Å²) in [4.78, 5) is 0. The Labute approximate surface area is 83.3 Å². The normalized spacial score (nSPS) is 16.2. The van der Waals surface area contributed by atoms with Crippen molar-refractivity contribution in [2.24, 2.45) is 11.7 Å². The molecule has 0 aromatic carbocycles. The summed E-state index contributed by atoms with van der Waals surface area (Å²) in [6, 6.07) is 1.06. The van der Waals surface area contributed by atoms with Crippen molar-refractivity contribution in [1.29, 1.82) is 0 Å². The summed E-state index contributed by atoms with van der Waals surface area (Å²) < 4.78 is 0. The molecule has 13 heavy (non-hydrogen) atoms. The molecule has 0 heterocycles. The van der Waals surface area contributed by atoms with Gasteiger partial charge in [-0.05, 0) is 26.2 Å². The Kier molecular flexibility index (Phi) is 7.29. The van der Waals surface area contributed by atoms with Crippen LogP contribution in [-0.4, -0.2) is 18.6 Å². The average Bonchev–Trinajstić information content (AvgIpc) is 2.03. The van der Waals surface area contributed by atoms with Crippen LogP contribution in [0.2, 0.25) is 0 Å². The number of nitrogens with one attached hydrogen (secondary N) is 1. The third kappa shape index (κ3) is 8.26. The van der Waals surface area contributed by atoms with E-state index in [0.29, 0.717) is 12.1 Å². The van der Waals surface area contributed by atoms with Gasteiger partial charge < -0.3 is 11.1 Å². The third-order valence-corrected chi connectivity index (χ3v) is 2.34. The second-order valence-corrected chi connectivity index (χ2v) is 4.53. The van der Waals surface area contributed by atoms with E-state index in [9.17, 15) is 0 Å². The van der Waals surface area contributed by atoms with Crippen LogP contribution >= 0.6 is 0 Å². The molecule has 0 aromatic rings. The molecule has 2 unspecified atom stereocenters. The quantitative estimate of drug-likeness (QED) is 0.639. The molecule has 0 aliphatic carbocycles. The van der Waals surface area contributed by atoms with Crippen LogP contribution in [0.3, 0.4) is 0 Å². The minimum absolute atomic E-state index is 0.453. The largest absolute Gasteiger partial charge is 0.329 e.